The second kappa shape index (κ2) is 15.1. The number of benzene rings is 1. The van der Waals surface area contributed by atoms with Crippen LogP contribution in [0.2, 0.25) is 0 Å². The molecule has 1 aromatic rings. The van der Waals surface area contributed by atoms with E-state index in [1.54, 1.807) is 12.1 Å². The molecule has 7 nitrogen and oxygen atoms in total. The van der Waals surface area contributed by atoms with Gasteiger partial charge in [0.25, 0.3) is 5.91 Å². The highest BCUT2D eigenvalue weighted by molar-refractivity contribution is 14.0. The van der Waals surface area contributed by atoms with Crippen molar-refractivity contribution in [2.24, 2.45) is 10.7 Å². The number of carbonyl (C=O) groups is 2. The third-order valence-corrected chi connectivity index (χ3v) is 4.03. The summed E-state index contributed by atoms with van der Waals surface area (Å²) in [5.41, 5.74) is 6.51. The van der Waals surface area contributed by atoms with Gasteiger partial charge >= 0.3 is 0 Å². The van der Waals surface area contributed by atoms with E-state index in [1.165, 1.54) is 19.3 Å². The van der Waals surface area contributed by atoms with Gasteiger partial charge in [-0.05, 0) is 38.0 Å². The Morgan fingerprint density at radius 3 is 2.36 bits per heavy atom. The lowest BCUT2D eigenvalue weighted by atomic mass is 10.1. The average Bonchev–Trinajstić information content (AvgIpc) is 2.65. The molecule has 8 heteroatoms. The Kier molecular flexibility index (Phi) is 14.1. The SMILES string of the molecule is CCCCCC(C)NC(=NCc1ccc(C(=O)NCC(N)=O)cc1)NCC.I. The van der Waals surface area contributed by atoms with E-state index in [4.69, 9.17) is 5.73 Å². The highest BCUT2D eigenvalue weighted by atomic mass is 127. The second-order valence-corrected chi connectivity index (χ2v) is 6.58. The summed E-state index contributed by atoms with van der Waals surface area (Å²) in [5, 5.41) is 9.16. The van der Waals surface area contributed by atoms with E-state index in [-0.39, 0.29) is 36.4 Å². The van der Waals surface area contributed by atoms with Gasteiger partial charge in [-0.25, -0.2) is 4.99 Å². The molecule has 0 fully saturated rings. The summed E-state index contributed by atoms with van der Waals surface area (Å²) in [7, 11) is 0. The van der Waals surface area contributed by atoms with E-state index in [2.05, 4.69) is 34.8 Å². The van der Waals surface area contributed by atoms with Crippen molar-refractivity contribution in [2.75, 3.05) is 13.1 Å². The van der Waals surface area contributed by atoms with Crippen LogP contribution in [-0.4, -0.2) is 36.9 Å². The van der Waals surface area contributed by atoms with Gasteiger partial charge in [0.05, 0.1) is 13.1 Å². The molecule has 158 valence electrons. The van der Waals surface area contributed by atoms with Crippen molar-refractivity contribution in [2.45, 2.75) is 59.0 Å². The van der Waals surface area contributed by atoms with Gasteiger partial charge < -0.3 is 21.7 Å². The molecule has 0 radical (unpaired) electrons. The number of guanidine groups is 1. The van der Waals surface area contributed by atoms with Crippen molar-refractivity contribution in [3.63, 3.8) is 0 Å². The van der Waals surface area contributed by atoms with Crippen LogP contribution in [0.25, 0.3) is 0 Å². The predicted octanol–water partition coefficient (Wildman–Crippen LogP) is 2.54. The van der Waals surface area contributed by atoms with Crippen LogP contribution in [0.5, 0.6) is 0 Å². The number of aliphatic imine (C=N–C) groups is 1. The largest absolute Gasteiger partial charge is 0.368 e. The summed E-state index contributed by atoms with van der Waals surface area (Å²) >= 11 is 0. The van der Waals surface area contributed by atoms with Crippen molar-refractivity contribution in [3.05, 3.63) is 35.4 Å². The molecule has 0 aliphatic rings. The summed E-state index contributed by atoms with van der Waals surface area (Å²) in [6, 6.07) is 7.52. The third kappa shape index (κ3) is 11.1. The lowest BCUT2D eigenvalue weighted by Gasteiger charge is -2.17. The summed E-state index contributed by atoms with van der Waals surface area (Å²) < 4.78 is 0. The minimum Gasteiger partial charge on any atom is -0.368 e. The van der Waals surface area contributed by atoms with E-state index in [1.807, 2.05) is 19.1 Å². The lowest BCUT2D eigenvalue weighted by molar-refractivity contribution is -0.117. The number of nitrogens with zero attached hydrogens (tertiary/aromatic N) is 1. The number of unbranched alkanes of at least 4 members (excludes halogenated alkanes) is 2. The van der Waals surface area contributed by atoms with Gasteiger partial charge in [0.2, 0.25) is 5.91 Å². The molecule has 0 spiro atoms. The van der Waals surface area contributed by atoms with Crippen LogP contribution in [0.4, 0.5) is 0 Å². The Morgan fingerprint density at radius 2 is 1.79 bits per heavy atom. The minimum atomic E-state index is -0.568. The highest BCUT2D eigenvalue weighted by Gasteiger charge is 2.07. The fourth-order valence-corrected chi connectivity index (χ4v) is 2.53. The normalized spacial score (nSPS) is 11.9. The molecular weight excluding hydrogens is 469 g/mol. The molecule has 2 amide bonds. The first-order valence-electron chi connectivity index (χ1n) is 9.66. The number of hydrogen-bond acceptors (Lipinski definition) is 3. The van der Waals surface area contributed by atoms with E-state index in [0.29, 0.717) is 18.2 Å². The molecule has 5 N–H and O–H groups in total. The zero-order valence-corrected chi connectivity index (χ0v) is 19.4. The number of amides is 2. The van der Waals surface area contributed by atoms with Crippen molar-refractivity contribution in [3.8, 4) is 0 Å². The minimum absolute atomic E-state index is 0. The number of nitrogens with one attached hydrogen (secondary N) is 3. The number of rotatable bonds is 11. The average molecular weight is 503 g/mol. The van der Waals surface area contributed by atoms with Crippen molar-refractivity contribution in [1.82, 2.24) is 16.0 Å². The van der Waals surface area contributed by atoms with Gasteiger partial charge in [0.15, 0.2) is 5.96 Å². The Morgan fingerprint density at radius 1 is 1.11 bits per heavy atom. The van der Waals surface area contributed by atoms with Gasteiger partial charge in [-0.3, -0.25) is 9.59 Å². The Bertz CT molecular complexity index is 620. The van der Waals surface area contributed by atoms with E-state index < -0.39 is 5.91 Å². The van der Waals surface area contributed by atoms with Gasteiger partial charge in [0.1, 0.15) is 0 Å². The fourth-order valence-electron chi connectivity index (χ4n) is 2.53. The Balaban J connectivity index is 0.00000729. The van der Waals surface area contributed by atoms with E-state index in [9.17, 15) is 9.59 Å². The van der Waals surface area contributed by atoms with Crippen LogP contribution in [0.3, 0.4) is 0 Å². The maximum atomic E-state index is 11.9. The molecule has 0 aliphatic carbocycles. The van der Waals surface area contributed by atoms with Gasteiger partial charge in [-0.15, -0.1) is 24.0 Å². The first-order valence-corrected chi connectivity index (χ1v) is 9.66. The molecule has 1 atom stereocenters. The number of nitrogens with two attached hydrogens (primary N) is 1. The summed E-state index contributed by atoms with van der Waals surface area (Å²) in [4.78, 5) is 27.2. The standard InChI is InChI=1S/C20H33N5O2.HI/c1-4-6-7-8-15(3)25-20(22-5-2)24-13-16-9-11-17(12-10-16)19(27)23-14-18(21)26;/h9-12,15H,4-8,13-14H2,1-3H3,(H2,21,26)(H,23,27)(H2,22,24,25);1H. The first-order chi connectivity index (χ1) is 13.0. The maximum absolute atomic E-state index is 11.9. The lowest BCUT2D eigenvalue weighted by Crippen LogP contribution is -2.42. The fraction of sp³-hybridized carbons (Fsp3) is 0.550. The van der Waals surface area contributed by atoms with Crippen LogP contribution in [0, 0.1) is 0 Å². The van der Waals surface area contributed by atoms with Crippen LogP contribution in [0.15, 0.2) is 29.3 Å². The number of halogens is 1. The Hall–Kier alpha value is -1.84. The van der Waals surface area contributed by atoms with Gasteiger partial charge in [0, 0.05) is 18.2 Å². The van der Waals surface area contributed by atoms with Gasteiger partial charge in [-0.1, -0.05) is 38.3 Å². The van der Waals surface area contributed by atoms with Gasteiger partial charge in [-0.2, -0.15) is 0 Å². The van der Waals surface area contributed by atoms with Crippen LogP contribution in [0.1, 0.15) is 62.4 Å². The molecule has 0 saturated carbocycles. The number of carbonyl (C=O) groups excluding carboxylic acids is 2. The van der Waals surface area contributed by atoms with E-state index in [0.717, 1.165) is 24.5 Å². The van der Waals surface area contributed by atoms with E-state index >= 15 is 0 Å². The molecule has 0 heterocycles. The Labute approximate surface area is 185 Å². The molecular formula is C20H34IN5O2. The molecule has 0 aromatic heterocycles. The third-order valence-electron chi connectivity index (χ3n) is 4.03. The number of hydrogen-bond donors (Lipinski definition) is 4. The van der Waals surface area contributed by atoms with Crippen molar-refractivity contribution in [1.29, 1.82) is 0 Å². The van der Waals surface area contributed by atoms with Crippen LogP contribution >= 0.6 is 24.0 Å². The predicted molar refractivity (Wildman–Crippen MR) is 125 cm³/mol. The van der Waals surface area contributed by atoms with Crippen LogP contribution < -0.4 is 21.7 Å². The quantitative estimate of drug-likeness (QED) is 0.161. The second-order valence-electron chi connectivity index (χ2n) is 6.58. The molecule has 0 bridgehead atoms. The summed E-state index contributed by atoms with van der Waals surface area (Å²) in [6.45, 7) is 7.56. The van der Waals surface area contributed by atoms with Crippen LogP contribution in [-0.2, 0) is 11.3 Å². The van der Waals surface area contributed by atoms with Crippen molar-refractivity contribution < 1.29 is 9.59 Å². The topological polar surface area (TPSA) is 109 Å². The molecule has 1 rings (SSSR count). The molecule has 0 saturated heterocycles. The molecule has 28 heavy (non-hydrogen) atoms. The summed E-state index contributed by atoms with van der Waals surface area (Å²) in [5.74, 6) is -0.0915. The highest BCUT2D eigenvalue weighted by Crippen LogP contribution is 2.06. The summed E-state index contributed by atoms with van der Waals surface area (Å²) in [6.07, 6.45) is 4.80. The molecule has 1 aromatic carbocycles. The number of primary amides is 1. The maximum Gasteiger partial charge on any atom is 0.251 e. The zero-order chi connectivity index (χ0) is 20.1. The zero-order valence-electron chi connectivity index (χ0n) is 17.1. The smallest absolute Gasteiger partial charge is 0.251 e. The first kappa shape index (κ1) is 26.2. The molecule has 1 unspecified atom stereocenters. The molecule has 0 aliphatic heterocycles. The van der Waals surface area contributed by atoms with Crippen molar-refractivity contribution >= 4 is 41.8 Å². The monoisotopic (exact) mass is 503 g/mol.